The van der Waals surface area contributed by atoms with Crippen molar-refractivity contribution >= 4 is 5.91 Å². The van der Waals surface area contributed by atoms with Crippen LogP contribution >= 0.6 is 0 Å². The van der Waals surface area contributed by atoms with Crippen LogP contribution in [0.2, 0.25) is 0 Å². The third-order valence-electron chi connectivity index (χ3n) is 6.99. The number of benzene rings is 2. The number of carbonyl (C=O) groups is 1. The number of fused-ring (bicyclic) bond motifs is 1. The lowest BCUT2D eigenvalue weighted by Crippen LogP contribution is -2.41. The summed E-state index contributed by atoms with van der Waals surface area (Å²) < 4.78 is 17.3. The molecular weight excluding hydrogens is 458 g/mol. The summed E-state index contributed by atoms with van der Waals surface area (Å²) in [5.74, 6) is 2.08. The van der Waals surface area contributed by atoms with E-state index in [2.05, 4.69) is 24.7 Å². The molecule has 0 aromatic heterocycles. The molecule has 3 N–H and O–H groups in total. The lowest BCUT2D eigenvalue weighted by molar-refractivity contribution is -0.131. The van der Waals surface area contributed by atoms with Crippen molar-refractivity contribution in [1.29, 1.82) is 0 Å². The first kappa shape index (κ1) is 26.3. The number of methoxy groups -OCH3 is 1. The molecule has 4 atom stereocenters. The first-order chi connectivity index (χ1) is 17.5. The maximum Gasteiger partial charge on any atom is 0.242 e. The number of para-hydroxylation sites is 1. The first-order valence-corrected chi connectivity index (χ1v) is 12.9. The topological polar surface area (TPSA) is 92.3 Å². The van der Waals surface area contributed by atoms with Gasteiger partial charge < -0.3 is 24.2 Å². The second-order valence-corrected chi connectivity index (χ2v) is 9.87. The SMILES string of the molecule is CCOc1cc(C2C3C(NNC3c3ccccc3O)C(=O)N2CCCOC)ccc1OCCC(C)C. The molecule has 4 unspecified atom stereocenters. The molecule has 2 aromatic carbocycles. The molecule has 2 aliphatic heterocycles. The molecule has 196 valence electrons. The number of likely N-dealkylation sites (tertiary alicyclic amines) is 1. The van der Waals surface area contributed by atoms with Crippen molar-refractivity contribution in [2.24, 2.45) is 11.8 Å². The monoisotopic (exact) mass is 497 g/mol. The van der Waals surface area contributed by atoms with Gasteiger partial charge in [-0.05, 0) is 49.4 Å². The maximum absolute atomic E-state index is 13.6. The summed E-state index contributed by atoms with van der Waals surface area (Å²) >= 11 is 0. The van der Waals surface area contributed by atoms with E-state index in [1.165, 1.54) is 0 Å². The molecule has 0 spiro atoms. The van der Waals surface area contributed by atoms with Crippen LogP contribution in [0.4, 0.5) is 0 Å². The fraction of sp³-hybridized carbons (Fsp3) is 0.536. The predicted octanol–water partition coefficient (Wildman–Crippen LogP) is 3.97. The van der Waals surface area contributed by atoms with E-state index in [0.29, 0.717) is 43.8 Å². The molecule has 1 amide bonds. The average molecular weight is 498 g/mol. The second-order valence-electron chi connectivity index (χ2n) is 9.87. The van der Waals surface area contributed by atoms with Crippen molar-refractivity contribution in [3.8, 4) is 17.2 Å². The van der Waals surface area contributed by atoms with E-state index in [0.717, 1.165) is 24.0 Å². The van der Waals surface area contributed by atoms with Crippen molar-refractivity contribution < 1.29 is 24.1 Å². The van der Waals surface area contributed by atoms with Crippen LogP contribution in [0.5, 0.6) is 17.2 Å². The highest BCUT2D eigenvalue weighted by atomic mass is 16.5. The zero-order valence-corrected chi connectivity index (χ0v) is 21.7. The number of nitrogens with one attached hydrogen (secondary N) is 2. The Morgan fingerprint density at radius 3 is 2.53 bits per heavy atom. The fourth-order valence-corrected chi connectivity index (χ4v) is 5.25. The first-order valence-electron chi connectivity index (χ1n) is 12.9. The zero-order chi connectivity index (χ0) is 25.7. The Morgan fingerprint density at radius 2 is 1.81 bits per heavy atom. The van der Waals surface area contributed by atoms with Gasteiger partial charge in [0.15, 0.2) is 11.5 Å². The molecule has 2 aromatic rings. The number of phenols is 1. The van der Waals surface area contributed by atoms with E-state index in [4.69, 9.17) is 14.2 Å². The Morgan fingerprint density at radius 1 is 1.03 bits per heavy atom. The smallest absolute Gasteiger partial charge is 0.242 e. The minimum absolute atomic E-state index is 0.0433. The van der Waals surface area contributed by atoms with Gasteiger partial charge in [-0.2, -0.15) is 0 Å². The minimum Gasteiger partial charge on any atom is -0.508 e. The Balaban J connectivity index is 1.70. The minimum atomic E-state index is -0.403. The van der Waals surface area contributed by atoms with Gasteiger partial charge in [0.1, 0.15) is 11.8 Å². The predicted molar refractivity (Wildman–Crippen MR) is 138 cm³/mol. The standard InChI is InChI=1S/C28H39N3O5/c1-5-35-23-17-19(11-12-22(23)36-16-13-18(2)3)27-24-25(20-9-6-7-10-21(20)32)29-30-26(24)28(33)31(27)14-8-15-34-4/h6-7,9-12,17-18,24-27,29-30,32H,5,8,13-16H2,1-4H3. The summed E-state index contributed by atoms with van der Waals surface area (Å²) in [4.78, 5) is 15.5. The number of phenolic OH excluding ortho intramolecular Hbond substituents is 1. The van der Waals surface area contributed by atoms with Gasteiger partial charge in [0, 0.05) is 31.7 Å². The Hall–Kier alpha value is -2.81. The third-order valence-corrected chi connectivity index (χ3v) is 6.99. The molecule has 0 bridgehead atoms. The van der Waals surface area contributed by atoms with E-state index in [-0.39, 0.29) is 29.7 Å². The highest BCUT2D eigenvalue weighted by molar-refractivity contribution is 5.86. The van der Waals surface area contributed by atoms with Crippen LogP contribution in [-0.2, 0) is 9.53 Å². The van der Waals surface area contributed by atoms with Crippen molar-refractivity contribution in [2.75, 3.05) is 33.5 Å². The lowest BCUT2D eigenvalue weighted by atomic mass is 9.83. The van der Waals surface area contributed by atoms with Crippen LogP contribution in [0.3, 0.4) is 0 Å². The zero-order valence-electron chi connectivity index (χ0n) is 21.7. The van der Waals surface area contributed by atoms with Gasteiger partial charge in [0.2, 0.25) is 5.91 Å². The van der Waals surface area contributed by atoms with Crippen molar-refractivity contribution in [2.45, 2.75) is 51.7 Å². The van der Waals surface area contributed by atoms with Gasteiger partial charge in [-0.15, -0.1) is 0 Å². The summed E-state index contributed by atoms with van der Waals surface area (Å²) in [5, 5.41) is 10.6. The average Bonchev–Trinajstić information content (AvgIpc) is 3.39. The van der Waals surface area contributed by atoms with Crippen molar-refractivity contribution in [3.63, 3.8) is 0 Å². The normalized spacial score (nSPS) is 23.4. The van der Waals surface area contributed by atoms with E-state index in [1.54, 1.807) is 19.2 Å². The molecular formula is C28H39N3O5. The largest absolute Gasteiger partial charge is 0.508 e. The van der Waals surface area contributed by atoms with Crippen LogP contribution < -0.4 is 20.3 Å². The molecule has 4 rings (SSSR count). The molecule has 2 saturated heterocycles. The van der Waals surface area contributed by atoms with Gasteiger partial charge in [-0.25, -0.2) is 10.9 Å². The number of amides is 1. The molecule has 0 aliphatic carbocycles. The summed E-state index contributed by atoms with van der Waals surface area (Å²) in [5.41, 5.74) is 8.26. The van der Waals surface area contributed by atoms with Crippen LogP contribution in [0.25, 0.3) is 0 Å². The second kappa shape index (κ2) is 12.0. The van der Waals surface area contributed by atoms with Gasteiger partial charge >= 0.3 is 0 Å². The molecule has 8 heteroatoms. The molecule has 0 saturated carbocycles. The van der Waals surface area contributed by atoms with E-state index < -0.39 is 6.04 Å². The van der Waals surface area contributed by atoms with Gasteiger partial charge in [0.05, 0.1) is 25.3 Å². The van der Waals surface area contributed by atoms with Crippen LogP contribution in [-0.4, -0.2) is 55.4 Å². The van der Waals surface area contributed by atoms with Crippen LogP contribution in [0, 0.1) is 11.8 Å². The highest BCUT2D eigenvalue weighted by Crippen LogP contribution is 2.49. The number of hydrogen-bond donors (Lipinski definition) is 3. The van der Waals surface area contributed by atoms with E-state index in [1.807, 2.05) is 42.2 Å². The fourth-order valence-electron chi connectivity index (χ4n) is 5.25. The number of ether oxygens (including phenoxy) is 3. The van der Waals surface area contributed by atoms with Crippen molar-refractivity contribution in [3.05, 3.63) is 53.6 Å². The Bertz CT molecular complexity index is 1030. The summed E-state index contributed by atoms with van der Waals surface area (Å²) in [6.07, 6.45) is 1.70. The van der Waals surface area contributed by atoms with Crippen LogP contribution in [0.1, 0.15) is 56.8 Å². The van der Waals surface area contributed by atoms with E-state index in [9.17, 15) is 9.90 Å². The summed E-state index contributed by atoms with van der Waals surface area (Å²) in [6.45, 7) is 8.59. The molecule has 8 nitrogen and oxygen atoms in total. The molecule has 36 heavy (non-hydrogen) atoms. The van der Waals surface area contributed by atoms with Crippen LogP contribution in [0.15, 0.2) is 42.5 Å². The van der Waals surface area contributed by atoms with Gasteiger partial charge in [-0.1, -0.05) is 38.1 Å². The molecule has 2 fully saturated rings. The van der Waals surface area contributed by atoms with Gasteiger partial charge in [-0.3, -0.25) is 4.79 Å². The molecule has 0 radical (unpaired) electrons. The molecule has 2 aliphatic rings. The van der Waals surface area contributed by atoms with Gasteiger partial charge in [0.25, 0.3) is 0 Å². The number of hydrogen-bond acceptors (Lipinski definition) is 7. The Labute approximate surface area is 213 Å². The number of hydrazine groups is 1. The summed E-state index contributed by atoms with van der Waals surface area (Å²) in [6, 6.07) is 12.4. The number of carbonyl (C=O) groups excluding carboxylic acids is 1. The third kappa shape index (κ3) is 5.45. The quantitative estimate of drug-likeness (QED) is 0.382. The maximum atomic E-state index is 13.6. The number of nitrogens with zero attached hydrogens (tertiary/aromatic N) is 1. The summed E-state index contributed by atoms with van der Waals surface area (Å²) in [7, 11) is 1.67. The number of aromatic hydroxyl groups is 1. The lowest BCUT2D eigenvalue weighted by Gasteiger charge is -2.32. The number of rotatable bonds is 12. The molecule has 2 heterocycles. The Kier molecular flexibility index (Phi) is 8.72. The van der Waals surface area contributed by atoms with Crippen molar-refractivity contribution in [1.82, 2.24) is 15.8 Å². The van der Waals surface area contributed by atoms with E-state index >= 15 is 0 Å². The highest BCUT2D eigenvalue weighted by Gasteiger charge is 2.55.